The lowest BCUT2D eigenvalue weighted by Gasteiger charge is -2.15. The second-order valence-corrected chi connectivity index (χ2v) is 4.29. The molecule has 2 heteroatoms. The molecule has 0 radical (unpaired) electrons. The van der Waals surface area contributed by atoms with Crippen molar-refractivity contribution in [2.45, 2.75) is 65.2 Å². The SMILES string of the molecule is CCCCCC(CCCCC)COC=O. The minimum absolute atomic E-state index is 0.576. The summed E-state index contributed by atoms with van der Waals surface area (Å²) in [5.41, 5.74) is 0. The van der Waals surface area contributed by atoms with Gasteiger partial charge < -0.3 is 4.74 Å². The fourth-order valence-electron chi connectivity index (χ4n) is 1.85. The third-order valence-electron chi connectivity index (χ3n) is 2.83. The first-order valence-corrected chi connectivity index (χ1v) is 6.40. The van der Waals surface area contributed by atoms with Crippen molar-refractivity contribution in [2.75, 3.05) is 6.61 Å². The van der Waals surface area contributed by atoms with Crippen molar-refractivity contribution in [1.82, 2.24) is 0 Å². The second kappa shape index (κ2) is 11.5. The topological polar surface area (TPSA) is 26.3 Å². The van der Waals surface area contributed by atoms with Gasteiger partial charge in [0, 0.05) is 0 Å². The predicted molar refractivity (Wildman–Crippen MR) is 63.8 cm³/mol. The molecule has 0 aliphatic heterocycles. The van der Waals surface area contributed by atoms with Crippen LogP contribution in [0.25, 0.3) is 0 Å². The molecule has 0 spiro atoms. The van der Waals surface area contributed by atoms with E-state index in [0.717, 1.165) is 0 Å². The van der Waals surface area contributed by atoms with Gasteiger partial charge in [-0.2, -0.15) is 0 Å². The Labute approximate surface area is 94.4 Å². The van der Waals surface area contributed by atoms with Crippen LogP contribution < -0.4 is 0 Å². The Morgan fingerprint density at radius 1 is 1.00 bits per heavy atom. The first-order chi connectivity index (χ1) is 7.35. The van der Waals surface area contributed by atoms with E-state index in [9.17, 15) is 4.79 Å². The molecule has 0 rings (SSSR count). The van der Waals surface area contributed by atoms with Gasteiger partial charge in [-0.25, -0.2) is 0 Å². The van der Waals surface area contributed by atoms with E-state index < -0.39 is 0 Å². The van der Waals surface area contributed by atoms with Crippen LogP contribution in [-0.2, 0) is 9.53 Å². The molecule has 2 nitrogen and oxygen atoms in total. The molecular weight excluding hydrogens is 188 g/mol. The van der Waals surface area contributed by atoms with E-state index in [1.54, 1.807) is 0 Å². The smallest absolute Gasteiger partial charge is 0.293 e. The Morgan fingerprint density at radius 2 is 1.53 bits per heavy atom. The Balaban J connectivity index is 3.57. The van der Waals surface area contributed by atoms with Gasteiger partial charge in [0.1, 0.15) is 0 Å². The molecule has 90 valence electrons. The number of carbonyl (C=O) groups is 1. The molecule has 0 amide bonds. The third kappa shape index (κ3) is 9.77. The Bertz CT molecular complexity index is 124. The van der Waals surface area contributed by atoms with E-state index in [-0.39, 0.29) is 0 Å². The van der Waals surface area contributed by atoms with Crippen molar-refractivity contribution in [1.29, 1.82) is 0 Å². The highest BCUT2D eigenvalue weighted by Crippen LogP contribution is 2.17. The van der Waals surface area contributed by atoms with Crippen LogP contribution in [0.5, 0.6) is 0 Å². The number of carbonyl (C=O) groups excluding carboxylic acids is 1. The van der Waals surface area contributed by atoms with Gasteiger partial charge in [-0.15, -0.1) is 0 Å². The normalized spacial score (nSPS) is 10.6. The van der Waals surface area contributed by atoms with Gasteiger partial charge in [0.25, 0.3) is 6.47 Å². The summed E-state index contributed by atoms with van der Waals surface area (Å²) in [7, 11) is 0. The van der Waals surface area contributed by atoms with E-state index >= 15 is 0 Å². The fourth-order valence-corrected chi connectivity index (χ4v) is 1.85. The van der Waals surface area contributed by atoms with E-state index in [0.29, 0.717) is 19.0 Å². The molecule has 0 N–H and O–H groups in total. The molecule has 0 aromatic rings. The van der Waals surface area contributed by atoms with Crippen molar-refractivity contribution in [3.05, 3.63) is 0 Å². The molecule has 0 bridgehead atoms. The van der Waals surface area contributed by atoms with Gasteiger partial charge in [0.15, 0.2) is 0 Å². The summed E-state index contributed by atoms with van der Waals surface area (Å²) in [4.78, 5) is 10.1. The molecule has 0 atom stereocenters. The van der Waals surface area contributed by atoms with Gasteiger partial charge in [-0.05, 0) is 18.8 Å². The molecular formula is C13H26O2. The number of hydrogen-bond acceptors (Lipinski definition) is 2. The number of ether oxygens (including phenoxy) is 1. The first kappa shape index (κ1) is 14.5. The molecule has 0 unspecified atom stereocenters. The van der Waals surface area contributed by atoms with Gasteiger partial charge in [0.05, 0.1) is 6.61 Å². The standard InChI is InChI=1S/C13H26O2/c1-3-5-7-9-13(11-15-12-14)10-8-6-4-2/h12-13H,3-11H2,1-2H3. The average Bonchev–Trinajstić information content (AvgIpc) is 2.25. The molecule has 0 saturated carbocycles. The van der Waals surface area contributed by atoms with Crippen LogP contribution in [0.2, 0.25) is 0 Å². The highest BCUT2D eigenvalue weighted by Gasteiger charge is 2.08. The number of hydrogen-bond donors (Lipinski definition) is 0. The van der Waals surface area contributed by atoms with Crippen LogP contribution in [0.1, 0.15) is 65.2 Å². The lowest BCUT2D eigenvalue weighted by molar-refractivity contribution is -0.130. The number of rotatable bonds is 11. The van der Waals surface area contributed by atoms with Gasteiger partial charge >= 0.3 is 0 Å². The summed E-state index contributed by atoms with van der Waals surface area (Å²) < 4.78 is 4.88. The fraction of sp³-hybridized carbons (Fsp3) is 0.923. The maximum Gasteiger partial charge on any atom is 0.293 e. The first-order valence-electron chi connectivity index (χ1n) is 6.40. The Morgan fingerprint density at radius 3 is 1.93 bits per heavy atom. The van der Waals surface area contributed by atoms with Gasteiger partial charge in [0.2, 0.25) is 0 Å². The molecule has 0 fully saturated rings. The number of unbranched alkanes of at least 4 members (excludes halogenated alkanes) is 4. The van der Waals surface area contributed by atoms with Crippen LogP contribution >= 0.6 is 0 Å². The van der Waals surface area contributed by atoms with E-state index in [4.69, 9.17) is 4.74 Å². The zero-order valence-corrected chi connectivity index (χ0v) is 10.3. The zero-order valence-electron chi connectivity index (χ0n) is 10.3. The summed E-state index contributed by atoms with van der Waals surface area (Å²) in [6, 6.07) is 0. The predicted octanol–water partition coefficient (Wildman–Crippen LogP) is 3.94. The molecule has 0 heterocycles. The summed E-state index contributed by atoms with van der Waals surface area (Å²) >= 11 is 0. The van der Waals surface area contributed by atoms with Crippen molar-refractivity contribution >= 4 is 6.47 Å². The molecule has 15 heavy (non-hydrogen) atoms. The van der Waals surface area contributed by atoms with Crippen LogP contribution in [0, 0.1) is 5.92 Å². The van der Waals surface area contributed by atoms with Crippen LogP contribution in [0.4, 0.5) is 0 Å². The molecule has 0 aromatic carbocycles. The van der Waals surface area contributed by atoms with Crippen molar-refractivity contribution < 1.29 is 9.53 Å². The van der Waals surface area contributed by atoms with Gasteiger partial charge in [-0.1, -0.05) is 52.4 Å². The molecule has 0 aliphatic rings. The average molecular weight is 214 g/mol. The van der Waals surface area contributed by atoms with E-state index in [2.05, 4.69) is 13.8 Å². The van der Waals surface area contributed by atoms with E-state index in [1.165, 1.54) is 51.4 Å². The Kier molecular flexibility index (Phi) is 11.1. The summed E-state index contributed by atoms with van der Waals surface area (Å²) in [5.74, 6) is 0.591. The maximum atomic E-state index is 10.1. The monoisotopic (exact) mass is 214 g/mol. The molecule has 0 aromatic heterocycles. The van der Waals surface area contributed by atoms with Crippen molar-refractivity contribution in [3.63, 3.8) is 0 Å². The summed E-state index contributed by atoms with van der Waals surface area (Å²) in [6.45, 7) is 5.63. The minimum Gasteiger partial charge on any atom is -0.468 e. The van der Waals surface area contributed by atoms with Crippen molar-refractivity contribution in [3.8, 4) is 0 Å². The highest BCUT2D eigenvalue weighted by molar-refractivity contribution is 5.36. The van der Waals surface area contributed by atoms with E-state index in [1.807, 2.05) is 0 Å². The second-order valence-electron chi connectivity index (χ2n) is 4.29. The third-order valence-corrected chi connectivity index (χ3v) is 2.83. The summed E-state index contributed by atoms with van der Waals surface area (Å²) in [6.07, 6.45) is 10.1. The molecule has 0 saturated heterocycles. The summed E-state index contributed by atoms with van der Waals surface area (Å²) in [5, 5.41) is 0. The largest absolute Gasteiger partial charge is 0.468 e. The quantitative estimate of drug-likeness (QED) is 0.385. The molecule has 0 aliphatic carbocycles. The lowest BCUT2D eigenvalue weighted by atomic mass is 9.96. The lowest BCUT2D eigenvalue weighted by Crippen LogP contribution is -2.09. The zero-order chi connectivity index (χ0) is 11.4. The van der Waals surface area contributed by atoms with Crippen molar-refractivity contribution in [2.24, 2.45) is 5.92 Å². The highest BCUT2D eigenvalue weighted by atomic mass is 16.5. The minimum atomic E-state index is 0.576. The van der Waals surface area contributed by atoms with Crippen LogP contribution in [0.15, 0.2) is 0 Å². The van der Waals surface area contributed by atoms with Gasteiger partial charge in [-0.3, -0.25) is 4.79 Å². The Hall–Kier alpha value is -0.530. The van der Waals surface area contributed by atoms with Crippen LogP contribution in [0.3, 0.4) is 0 Å². The van der Waals surface area contributed by atoms with Crippen LogP contribution in [-0.4, -0.2) is 13.1 Å². The maximum absolute atomic E-state index is 10.1.